The number of aromatic nitrogens is 2. The highest BCUT2D eigenvalue weighted by atomic mass is 16.4. The van der Waals surface area contributed by atoms with E-state index in [2.05, 4.69) is 5.10 Å². The molecular formula is C15H18N2O2. The van der Waals surface area contributed by atoms with Crippen LogP contribution in [-0.4, -0.2) is 20.9 Å². The lowest BCUT2D eigenvalue weighted by molar-refractivity contribution is -0.138. The second kappa shape index (κ2) is 5.69. The van der Waals surface area contributed by atoms with Crippen LogP contribution >= 0.6 is 0 Å². The molecule has 1 aromatic carbocycles. The van der Waals surface area contributed by atoms with Crippen LogP contribution in [0.1, 0.15) is 29.3 Å². The zero-order valence-corrected chi connectivity index (χ0v) is 11.2. The van der Waals surface area contributed by atoms with E-state index < -0.39 is 11.9 Å². The Morgan fingerprint density at radius 1 is 1.37 bits per heavy atom. The first-order chi connectivity index (χ1) is 9.08. The summed E-state index contributed by atoms with van der Waals surface area (Å²) in [5.41, 5.74) is 2.89. The van der Waals surface area contributed by atoms with Gasteiger partial charge in [0.1, 0.15) is 0 Å². The van der Waals surface area contributed by atoms with Gasteiger partial charge in [-0.05, 0) is 31.4 Å². The molecule has 0 fully saturated rings. The van der Waals surface area contributed by atoms with Crippen molar-refractivity contribution in [1.82, 2.24) is 9.78 Å². The molecule has 0 spiro atoms. The van der Waals surface area contributed by atoms with Crippen molar-refractivity contribution in [3.8, 4) is 0 Å². The van der Waals surface area contributed by atoms with Gasteiger partial charge in [0.2, 0.25) is 0 Å². The highest BCUT2D eigenvalue weighted by Crippen LogP contribution is 2.22. The Labute approximate surface area is 112 Å². The molecule has 0 aliphatic carbocycles. The summed E-state index contributed by atoms with van der Waals surface area (Å²) in [6.07, 6.45) is 1.29. The number of carboxylic acid groups (broad SMARTS) is 1. The van der Waals surface area contributed by atoms with Crippen LogP contribution in [0.5, 0.6) is 0 Å². The average Bonchev–Trinajstić information content (AvgIpc) is 2.69. The average molecular weight is 258 g/mol. The largest absolute Gasteiger partial charge is 0.481 e. The molecule has 0 aliphatic rings. The quantitative estimate of drug-likeness (QED) is 0.896. The number of rotatable bonds is 5. The molecule has 100 valence electrons. The molecule has 1 unspecified atom stereocenters. The fourth-order valence-corrected chi connectivity index (χ4v) is 2.31. The van der Waals surface area contributed by atoms with E-state index in [-0.39, 0.29) is 0 Å². The van der Waals surface area contributed by atoms with Crippen molar-refractivity contribution >= 4 is 5.97 Å². The molecule has 0 aliphatic heterocycles. The van der Waals surface area contributed by atoms with Gasteiger partial charge in [-0.1, -0.05) is 30.3 Å². The molecule has 0 bridgehead atoms. The number of benzene rings is 1. The van der Waals surface area contributed by atoms with Gasteiger partial charge in [0.15, 0.2) is 0 Å². The lowest BCUT2D eigenvalue weighted by Crippen LogP contribution is -2.13. The van der Waals surface area contributed by atoms with E-state index in [1.807, 2.05) is 55.1 Å². The van der Waals surface area contributed by atoms with Crippen molar-refractivity contribution in [3.05, 3.63) is 53.3 Å². The Morgan fingerprint density at radius 2 is 2.05 bits per heavy atom. The van der Waals surface area contributed by atoms with Crippen molar-refractivity contribution in [2.45, 2.75) is 25.7 Å². The van der Waals surface area contributed by atoms with Crippen LogP contribution in [0.3, 0.4) is 0 Å². The van der Waals surface area contributed by atoms with E-state index in [0.29, 0.717) is 12.8 Å². The maximum atomic E-state index is 11.4. The van der Waals surface area contributed by atoms with Gasteiger partial charge >= 0.3 is 5.97 Å². The number of nitrogens with zero attached hydrogens (tertiary/aromatic N) is 2. The number of carbonyl (C=O) groups is 1. The molecule has 0 saturated heterocycles. The molecule has 1 heterocycles. The third kappa shape index (κ3) is 3.22. The smallest absolute Gasteiger partial charge is 0.310 e. The van der Waals surface area contributed by atoms with Gasteiger partial charge in [-0.25, -0.2) is 0 Å². The Bertz CT molecular complexity index is 561. The maximum Gasteiger partial charge on any atom is 0.310 e. The Morgan fingerprint density at radius 3 is 2.58 bits per heavy atom. The van der Waals surface area contributed by atoms with E-state index in [1.54, 1.807) is 0 Å². The van der Waals surface area contributed by atoms with Crippen molar-refractivity contribution in [3.63, 3.8) is 0 Å². The monoisotopic (exact) mass is 258 g/mol. The van der Waals surface area contributed by atoms with Crippen molar-refractivity contribution in [2.75, 3.05) is 0 Å². The highest BCUT2D eigenvalue weighted by Gasteiger charge is 2.19. The van der Waals surface area contributed by atoms with Gasteiger partial charge in [0, 0.05) is 12.7 Å². The van der Waals surface area contributed by atoms with Crippen molar-refractivity contribution in [1.29, 1.82) is 0 Å². The summed E-state index contributed by atoms with van der Waals surface area (Å²) in [5, 5.41) is 13.6. The van der Waals surface area contributed by atoms with E-state index in [0.717, 1.165) is 17.0 Å². The topological polar surface area (TPSA) is 55.1 Å². The molecule has 1 atom stereocenters. The first-order valence-electron chi connectivity index (χ1n) is 6.35. The number of aliphatic carboxylic acids is 1. The molecular weight excluding hydrogens is 240 g/mol. The predicted molar refractivity (Wildman–Crippen MR) is 73.1 cm³/mol. The predicted octanol–water partition coefficient (Wildman–Crippen LogP) is 2.53. The molecule has 1 N–H and O–H groups in total. The minimum atomic E-state index is -0.773. The molecule has 4 heteroatoms. The normalized spacial score (nSPS) is 12.3. The molecule has 1 aromatic heterocycles. The van der Waals surface area contributed by atoms with Gasteiger partial charge < -0.3 is 5.11 Å². The summed E-state index contributed by atoms with van der Waals surface area (Å²) in [6.45, 7) is 1.94. The highest BCUT2D eigenvalue weighted by molar-refractivity contribution is 5.76. The maximum absolute atomic E-state index is 11.4. The Hall–Kier alpha value is -2.10. The lowest BCUT2D eigenvalue weighted by Gasteiger charge is -2.12. The van der Waals surface area contributed by atoms with Crippen LogP contribution in [0.2, 0.25) is 0 Å². The van der Waals surface area contributed by atoms with Gasteiger partial charge in [-0.3, -0.25) is 9.48 Å². The summed E-state index contributed by atoms with van der Waals surface area (Å²) in [5.74, 6) is -1.23. The van der Waals surface area contributed by atoms with Crippen LogP contribution in [0.15, 0.2) is 36.4 Å². The summed E-state index contributed by atoms with van der Waals surface area (Å²) in [6, 6.07) is 11.4. The van der Waals surface area contributed by atoms with E-state index in [4.69, 9.17) is 0 Å². The standard InChI is InChI=1S/C15H18N2O2/c1-11-10-13(17(2)16-11)8-9-14(15(18)19)12-6-4-3-5-7-12/h3-7,10,14H,8-9H2,1-2H3,(H,18,19). The Kier molecular flexibility index (Phi) is 4.00. The lowest BCUT2D eigenvalue weighted by atomic mass is 9.93. The van der Waals surface area contributed by atoms with Crippen molar-refractivity contribution in [2.24, 2.45) is 7.05 Å². The summed E-state index contributed by atoms with van der Waals surface area (Å²) in [4.78, 5) is 11.4. The van der Waals surface area contributed by atoms with E-state index >= 15 is 0 Å². The van der Waals surface area contributed by atoms with E-state index in [9.17, 15) is 9.90 Å². The Balaban J connectivity index is 2.10. The van der Waals surface area contributed by atoms with Gasteiger partial charge in [0.25, 0.3) is 0 Å². The van der Waals surface area contributed by atoms with Gasteiger partial charge in [0.05, 0.1) is 11.6 Å². The fourth-order valence-electron chi connectivity index (χ4n) is 2.31. The van der Waals surface area contributed by atoms with Gasteiger partial charge in [-0.15, -0.1) is 0 Å². The third-order valence-electron chi connectivity index (χ3n) is 3.29. The molecule has 0 saturated carbocycles. The zero-order valence-electron chi connectivity index (χ0n) is 11.2. The van der Waals surface area contributed by atoms with Crippen LogP contribution in [0.25, 0.3) is 0 Å². The van der Waals surface area contributed by atoms with Crippen LogP contribution in [-0.2, 0) is 18.3 Å². The number of hydrogen-bond acceptors (Lipinski definition) is 2. The zero-order chi connectivity index (χ0) is 13.8. The molecule has 0 amide bonds. The van der Waals surface area contributed by atoms with Gasteiger partial charge in [-0.2, -0.15) is 5.10 Å². The number of hydrogen-bond donors (Lipinski definition) is 1. The number of carboxylic acids is 1. The first-order valence-corrected chi connectivity index (χ1v) is 6.35. The number of aryl methyl sites for hydroxylation is 3. The molecule has 2 aromatic rings. The van der Waals surface area contributed by atoms with E-state index in [1.165, 1.54) is 0 Å². The third-order valence-corrected chi connectivity index (χ3v) is 3.29. The summed E-state index contributed by atoms with van der Waals surface area (Å²) >= 11 is 0. The summed E-state index contributed by atoms with van der Waals surface area (Å²) in [7, 11) is 1.89. The van der Waals surface area contributed by atoms with Crippen LogP contribution < -0.4 is 0 Å². The molecule has 2 rings (SSSR count). The fraction of sp³-hybridized carbons (Fsp3) is 0.333. The summed E-state index contributed by atoms with van der Waals surface area (Å²) < 4.78 is 1.82. The SMILES string of the molecule is Cc1cc(CCC(C(=O)O)c2ccccc2)n(C)n1. The molecule has 0 radical (unpaired) electrons. The minimum absolute atomic E-state index is 0.462. The first kappa shape index (κ1) is 13.3. The second-order valence-electron chi connectivity index (χ2n) is 4.74. The van der Waals surface area contributed by atoms with Crippen LogP contribution in [0.4, 0.5) is 0 Å². The molecule has 4 nitrogen and oxygen atoms in total. The molecule has 19 heavy (non-hydrogen) atoms. The van der Waals surface area contributed by atoms with Crippen molar-refractivity contribution < 1.29 is 9.90 Å². The van der Waals surface area contributed by atoms with Crippen LogP contribution in [0, 0.1) is 6.92 Å². The second-order valence-corrected chi connectivity index (χ2v) is 4.74. The minimum Gasteiger partial charge on any atom is -0.481 e.